The molecule has 0 saturated heterocycles. The van der Waals surface area contributed by atoms with Gasteiger partial charge in [0.25, 0.3) is 5.91 Å². The summed E-state index contributed by atoms with van der Waals surface area (Å²) in [5, 5.41) is 6.07. The molecule has 1 N–H and O–H groups in total. The highest BCUT2D eigenvalue weighted by molar-refractivity contribution is 7.17. The van der Waals surface area contributed by atoms with Crippen molar-refractivity contribution in [2.24, 2.45) is 17.8 Å². The van der Waals surface area contributed by atoms with E-state index in [-0.39, 0.29) is 23.9 Å². The van der Waals surface area contributed by atoms with Crippen LogP contribution >= 0.6 is 11.3 Å². The monoisotopic (exact) mass is 469 g/mol. The lowest BCUT2D eigenvalue weighted by Gasteiger charge is -2.31. The molecular formula is C26H31NO5S. The second kappa shape index (κ2) is 10.5. The molecule has 2 aliphatic rings. The number of thiophene rings is 1. The zero-order valence-electron chi connectivity index (χ0n) is 19.2. The van der Waals surface area contributed by atoms with E-state index in [1.165, 1.54) is 44.6 Å². The molecule has 2 aromatic rings. The first-order valence-electron chi connectivity index (χ1n) is 11.7. The fourth-order valence-corrected chi connectivity index (χ4v) is 6.38. The highest BCUT2D eigenvalue weighted by atomic mass is 32.1. The van der Waals surface area contributed by atoms with Crippen LogP contribution in [0, 0.1) is 17.8 Å². The van der Waals surface area contributed by atoms with Crippen LogP contribution in [-0.2, 0) is 14.3 Å². The van der Waals surface area contributed by atoms with Gasteiger partial charge >= 0.3 is 11.9 Å². The normalized spacial score (nSPS) is 23.8. The zero-order valence-corrected chi connectivity index (χ0v) is 20.0. The number of fused-ring (bicyclic) bond motifs is 3. The fraction of sp³-hybridized carbons (Fsp3) is 0.500. The number of amides is 1. The van der Waals surface area contributed by atoms with Crippen LogP contribution in [0.25, 0.3) is 10.1 Å². The Morgan fingerprint density at radius 1 is 1.18 bits per heavy atom. The second-order valence-electron chi connectivity index (χ2n) is 9.07. The molecule has 1 aromatic heterocycles. The van der Waals surface area contributed by atoms with E-state index in [0.717, 1.165) is 29.3 Å². The van der Waals surface area contributed by atoms with Gasteiger partial charge in [0.2, 0.25) is 0 Å². The van der Waals surface area contributed by atoms with Crippen LogP contribution in [0.4, 0.5) is 0 Å². The molecule has 2 saturated carbocycles. The van der Waals surface area contributed by atoms with Crippen LogP contribution in [0.3, 0.4) is 0 Å². The molecule has 0 unspecified atom stereocenters. The van der Waals surface area contributed by atoms with Gasteiger partial charge < -0.3 is 14.8 Å². The molecule has 176 valence electrons. The number of benzene rings is 1. The summed E-state index contributed by atoms with van der Waals surface area (Å²) in [6, 6.07) is 5.60. The summed E-state index contributed by atoms with van der Waals surface area (Å²) in [5.74, 6) is 1.52. The molecule has 33 heavy (non-hydrogen) atoms. The van der Waals surface area contributed by atoms with Gasteiger partial charge in [-0.25, -0.2) is 0 Å². The summed E-state index contributed by atoms with van der Waals surface area (Å²) in [4.78, 5) is 35.8. The standard InChI is InChI=1S/C26H31NO5S/c1-16(28)32-19-11-12-23-21(14-19)22(15-33-23)26(30)27-25-18-10-9-17(13-18)20(25)7-5-3-4-6-8-24(29)31-2/h3,5,11-12,14-15,17-18,20,25H,4,6-10,13H2,1-2H3,(H,27,30)/b5-3-/t17-,18+,20+,25+/m1/s1. The minimum absolute atomic E-state index is 0.0502. The maximum Gasteiger partial charge on any atom is 0.308 e. The molecule has 0 aliphatic heterocycles. The minimum Gasteiger partial charge on any atom is -0.469 e. The van der Waals surface area contributed by atoms with Gasteiger partial charge in [0.05, 0.1) is 12.7 Å². The maximum atomic E-state index is 13.3. The van der Waals surface area contributed by atoms with Gasteiger partial charge in [0.1, 0.15) is 5.75 Å². The van der Waals surface area contributed by atoms with E-state index in [4.69, 9.17) is 4.74 Å². The van der Waals surface area contributed by atoms with E-state index >= 15 is 0 Å². The molecule has 1 aromatic carbocycles. The molecule has 6 nitrogen and oxygen atoms in total. The molecule has 0 radical (unpaired) electrons. The van der Waals surface area contributed by atoms with E-state index in [2.05, 4.69) is 22.2 Å². The van der Waals surface area contributed by atoms with E-state index in [1.807, 2.05) is 11.4 Å². The summed E-state index contributed by atoms with van der Waals surface area (Å²) in [6.07, 6.45) is 11.0. The predicted molar refractivity (Wildman–Crippen MR) is 128 cm³/mol. The number of carbonyl (C=O) groups excluding carboxylic acids is 3. The lowest BCUT2D eigenvalue weighted by atomic mass is 9.82. The van der Waals surface area contributed by atoms with Crippen LogP contribution < -0.4 is 10.1 Å². The summed E-state index contributed by atoms with van der Waals surface area (Å²) in [6.45, 7) is 1.37. The van der Waals surface area contributed by atoms with Crippen molar-refractivity contribution >= 4 is 39.3 Å². The van der Waals surface area contributed by atoms with Gasteiger partial charge in [-0.3, -0.25) is 14.4 Å². The van der Waals surface area contributed by atoms with Crippen LogP contribution in [0.15, 0.2) is 35.7 Å². The van der Waals surface area contributed by atoms with Crippen molar-refractivity contribution in [1.29, 1.82) is 0 Å². The number of esters is 2. The second-order valence-corrected chi connectivity index (χ2v) is 9.98. The van der Waals surface area contributed by atoms with Crippen molar-refractivity contribution in [1.82, 2.24) is 5.32 Å². The van der Waals surface area contributed by atoms with Crippen molar-refractivity contribution in [3.05, 3.63) is 41.3 Å². The van der Waals surface area contributed by atoms with Crippen molar-refractivity contribution in [3.8, 4) is 5.75 Å². The molecule has 4 atom stereocenters. The quantitative estimate of drug-likeness (QED) is 0.234. The van der Waals surface area contributed by atoms with Gasteiger partial charge in [-0.15, -0.1) is 11.3 Å². The number of unbranched alkanes of at least 4 members (excludes halogenated alkanes) is 1. The zero-order chi connectivity index (χ0) is 23.4. The SMILES string of the molecule is COC(=O)CCC/C=C\C[C@H]1[C@@H]2CC[C@@H](C2)[C@@H]1NC(=O)c1csc2ccc(OC(C)=O)cc12. The Morgan fingerprint density at radius 3 is 2.79 bits per heavy atom. The number of allylic oxidation sites excluding steroid dienone is 2. The average Bonchev–Trinajstić information content (AvgIpc) is 3.50. The number of nitrogens with one attached hydrogen (secondary N) is 1. The maximum absolute atomic E-state index is 13.3. The van der Waals surface area contributed by atoms with Gasteiger partial charge in [-0.05, 0) is 74.5 Å². The van der Waals surface area contributed by atoms with Crippen LogP contribution in [0.2, 0.25) is 0 Å². The van der Waals surface area contributed by atoms with Gasteiger partial charge in [-0.2, -0.15) is 0 Å². The first kappa shape index (κ1) is 23.5. The molecule has 1 amide bonds. The van der Waals surface area contributed by atoms with Crippen molar-refractivity contribution in [2.45, 2.75) is 57.9 Å². The summed E-state index contributed by atoms with van der Waals surface area (Å²) in [5.41, 5.74) is 0.642. The summed E-state index contributed by atoms with van der Waals surface area (Å²) in [7, 11) is 1.42. The molecule has 2 fully saturated rings. The van der Waals surface area contributed by atoms with Crippen molar-refractivity contribution < 1.29 is 23.9 Å². The lowest BCUT2D eigenvalue weighted by molar-refractivity contribution is -0.140. The number of methoxy groups -OCH3 is 1. The highest BCUT2D eigenvalue weighted by Crippen LogP contribution is 2.50. The number of hydrogen-bond acceptors (Lipinski definition) is 6. The molecule has 2 aliphatic carbocycles. The van der Waals surface area contributed by atoms with Gasteiger partial charge in [-0.1, -0.05) is 12.2 Å². The largest absolute Gasteiger partial charge is 0.469 e. The predicted octanol–water partition coefficient (Wildman–Crippen LogP) is 5.26. The molecule has 2 bridgehead atoms. The van der Waals surface area contributed by atoms with Crippen molar-refractivity contribution in [2.75, 3.05) is 7.11 Å². The third kappa shape index (κ3) is 5.46. The molecule has 7 heteroatoms. The van der Waals surface area contributed by atoms with Gasteiger partial charge in [0, 0.05) is 34.9 Å². The van der Waals surface area contributed by atoms with E-state index in [9.17, 15) is 14.4 Å². The number of carbonyl (C=O) groups is 3. The fourth-order valence-electron chi connectivity index (χ4n) is 5.45. The smallest absolute Gasteiger partial charge is 0.308 e. The molecule has 0 spiro atoms. The topological polar surface area (TPSA) is 81.7 Å². The van der Waals surface area contributed by atoms with Crippen LogP contribution in [0.1, 0.15) is 62.2 Å². The molecular weight excluding hydrogens is 438 g/mol. The minimum atomic E-state index is -0.376. The third-order valence-corrected chi connectivity index (χ3v) is 7.96. The van der Waals surface area contributed by atoms with E-state index in [0.29, 0.717) is 35.5 Å². The first-order valence-corrected chi connectivity index (χ1v) is 12.6. The summed E-state index contributed by atoms with van der Waals surface area (Å²) < 4.78 is 10.9. The number of hydrogen-bond donors (Lipinski definition) is 1. The number of ether oxygens (including phenoxy) is 2. The summed E-state index contributed by atoms with van der Waals surface area (Å²) >= 11 is 1.52. The van der Waals surface area contributed by atoms with Crippen LogP contribution in [0.5, 0.6) is 5.75 Å². The van der Waals surface area contributed by atoms with E-state index < -0.39 is 0 Å². The Kier molecular flexibility index (Phi) is 7.48. The van der Waals surface area contributed by atoms with Crippen molar-refractivity contribution in [3.63, 3.8) is 0 Å². The Balaban J connectivity index is 1.40. The molecule has 1 heterocycles. The lowest BCUT2D eigenvalue weighted by Crippen LogP contribution is -2.43. The molecule has 4 rings (SSSR count). The number of rotatable bonds is 9. The highest BCUT2D eigenvalue weighted by Gasteiger charge is 2.47. The first-order chi connectivity index (χ1) is 16.0. The van der Waals surface area contributed by atoms with Gasteiger partial charge in [0.15, 0.2) is 0 Å². The average molecular weight is 470 g/mol. The van der Waals surface area contributed by atoms with Crippen LogP contribution in [-0.4, -0.2) is 31.0 Å². The van der Waals surface area contributed by atoms with E-state index in [1.54, 1.807) is 12.1 Å². The Labute approximate surface area is 198 Å². The Hall–Kier alpha value is -2.67. The third-order valence-electron chi connectivity index (χ3n) is 6.99. The Bertz CT molecular complexity index is 1060. The Morgan fingerprint density at radius 2 is 2.00 bits per heavy atom.